The number of carbonyl (C=O) groups is 2. The molecular weight excluding hydrogens is 348 g/mol. The molecule has 1 aliphatic heterocycles. The zero-order chi connectivity index (χ0) is 18.7. The summed E-state index contributed by atoms with van der Waals surface area (Å²) in [5.74, 6) is 0.956. The second kappa shape index (κ2) is 7.91. The van der Waals surface area contributed by atoms with E-state index in [4.69, 9.17) is 4.74 Å². The van der Waals surface area contributed by atoms with Crippen molar-refractivity contribution in [1.82, 2.24) is 9.80 Å². The van der Waals surface area contributed by atoms with Crippen LogP contribution in [-0.4, -0.2) is 54.9 Å². The zero-order valence-electron chi connectivity index (χ0n) is 15.4. The van der Waals surface area contributed by atoms with Crippen molar-refractivity contribution in [2.24, 2.45) is 0 Å². The molecule has 0 saturated carbocycles. The lowest BCUT2D eigenvalue weighted by atomic mass is 10.0. The average Bonchev–Trinajstić information content (AvgIpc) is 3.16. The maximum absolute atomic E-state index is 12.9. The summed E-state index contributed by atoms with van der Waals surface area (Å²) in [7, 11) is 1.63. The largest absolute Gasteiger partial charge is 0.496 e. The Morgan fingerprint density at radius 1 is 1.04 bits per heavy atom. The molecule has 0 atom stereocenters. The standard InChI is InChI=1S/C20H24N2O3S/c1-14-15(2)18(25-3)7-6-17(14)20(24)22-10-8-21(9-11-22)19(23)13-16-5-4-12-26-16/h4-7,12H,8-11,13H2,1-3H3. The predicted octanol–water partition coefficient (Wildman–Crippen LogP) is 2.90. The van der Waals surface area contributed by atoms with Crippen LogP contribution in [0.4, 0.5) is 0 Å². The van der Waals surface area contributed by atoms with Crippen LogP contribution < -0.4 is 4.74 Å². The summed E-state index contributed by atoms with van der Waals surface area (Å²) in [6.45, 7) is 6.23. The second-order valence-electron chi connectivity index (χ2n) is 6.49. The first-order valence-corrected chi connectivity index (χ1v) is 9.63. The van der Waals surface area contributed by atoms with Gasteiger partial charge in [-0.2, -0.15) is 0 Å². The molecule has 2 heterocycles. The zero-order valence-corrected chi connectivity index (χ0v) is 16.3. The first kappa shape index (κ1) is 18.5. The highest BCUT2D eigenvalue weighted by molar-refractivity contribution is 7.10. The minimum Gasteiger partial charge on any atom is -0.496 e. The predicted molar refractivity (Wildman–Crippen MR) is 103 cm³/mol. The lowest BCUT2D eigenvalue weighted by molar-refractivity contribution is -0.131. The summed E-state index contributed by atoms with van der Waals surface area (Å²) >= 11 is 1.60. The van der Waals surface area contributed by atoms with Gasteiger partial charge in [0.05, 0.1) is 13.5 Å². The SMILES string of the molecule is COc1ccc(C(=O)N2CCN(C(=O)Cc3cccs3)CC2)c(C)c1C. The first-order valence-electron chi connectivity index (χ1n) is 8.75. The smallest absolute Gasteiger partial charge is 0.254 e. The second-order valence-corrected chi connectivity index (χ2v) is 7.53. The van der Waals surface area contributed by atoms with Crippen LogP contribution in [0.2, 0.25) is 0 Å². The van der Waals surface area contributed by atoms with Gasteiger partial charge in [0.2, 0.25) is 5.91 Å². The van der Waals surface area contributed by atoms with Gasteiger partial charge >= 0.3 is 0 Å². The van der Waals surface area contributed by atoms with E-state index in [9.17, 15) is 9.59 Å². The molecule has 1 aromatic carbocycles. The van der Waals surface area contributed by atoms with Crippen molar-refractivity contribution in [1.29, 1.82) is 0 Å². The summed E-state index contributed by atoms with van der Waals surface area (Å²) in [6, 6.07) is 7.62. The molecule has 6 heteroatoms. The van der Waals surface area contributed by atoms with Gasteiger partial charge in [-0.05, 0) is 48.6 Å². The van der Waals surface area contributed by atoms with Gasteiger partial charge in [0.15, 0.2) is 0 Å². The monoisotopic (exact) mass is 372 g/mol. The number of ether oxygens (including phenoxy) is 1. The van der Waals surface area contributed by atoms with Gasteiger partial charge in [-0.15, -0.1) is 11.3 Å². The van der Waals surface area contributed by atoms with Crippen molar-refractivity contribution in [3.8, 4) is 5.75 Å². The van der Waals surface area contributed by atoms with Gasteiger partial charge in [-0.25, -0.2) is 0 Å². The van der Waals surface area contributed by atoms with Gasteiger partial charge in [-0.1, -0.05) is 6.07 Å². The summed E-state index contributed by atoms with van der Waals surface area (Å²) in [5.41, 5.74) is 2.65. The average molecular weight is 372 g/mol. The van der Waals surface area contributed by atoms with Crippen molar-refractivity contribution in [3.63, 3.8) is 0 Å². The van der Waals surface area contributed by atoms with Crippen LogP contribution in [0.15, 0.2) is 29.6 Å². The minimum absolute atomic E-state index is 0.0265. The van der Waals surface area contributed by atoms with E-state index in [0.717, 1.165) is 21.8 Å². The lowest BCUT2D eigenvalue weighted by Gasteiger charge is -2.35. The Morgan fingerprint density at radius 3 is 2.35 bits per heavy atom. The van der Waals surface area contributed by atoms with E-state index in [2.05, 4.69) is 0 Å². The van der Waals surface area contributed by atoms with Crippen molar-refractivity contribution >= 4 is 23.2 Å². The quantitative estimate of drug-likeness (QED) is 0.829. The van der Waals surface area contributed by atoms with E-state index >= 15 is 0 Å². The Bertz CT molecular complexity index is 794. The Balaban J connectivity index is 1.62. The molecule has 26 heavy (non-hydrogen) atoms. The molecule has 0 radical (unpaired) electrons. The van der Waals surface area contributed by atoms with Crippen LogP contribution in [-0.2, 0) is 11.2 Å². The van der Waals surface area contributed by atoms with Crippen LogP contribution >= 0.6 is 11.3 Å². The van der Waals surface area contributed by atoms with Crippen LogP contribution in [0, 0.1) is 13.8 Å². The number of benzene rings is 1. The Hall–Kier alpha value is -2.34. The summed E-state index contributed by atoms with van der Waals surface area (Å²) in [4.78, 5) is 30.1. The van der Waals surface area contributed by atoms with E-state index in [1.54, 1.807) is 18.4 Å². The maximum Gasteiger partial charge on any atom is 0.254 e. The van der Waals surface area contributed by atoms with E-state index in [0.29, 0.717) is 38.2 Å². The topological polar surface area (TPSA) is 49.9 Å². The normalized spacial score (nSPS) is 14.4. The van der Waals surface area contributed by atoms with Gasteiger partial charge in [0, 0.05) is 36.6 Å². The lowest BCUT2D eigenvalue weighted by Crippen LogP contribution is -2.51. The molecule has 1 aromatic heterocycles. The van der Waals surface area contributed by atoms with E-state index in [-0.39, 0.29) is 11.8 Å². The highest BCUT2D eigenvalue weighted by Gasteiger charge is 2.26. The fraction of sp³-hybridized carbons (Fsp3) is 0.400. The number of amides is 2. The fourth-order valence-electron chi connectivity index (χ4n) is 3.25. The number of thiophene rings is 1. The van der Waals surface area contributed by atoms with Crippen molar-refractivity contribution < 1.29 is 14.3 Å². The molecule has 2 amide bonds. The number of piperazine rings is 1. The van der Waals surface area contributed by atoms with Gasteiger partial charge < -0.3 is 14.5 Å². The van der Waals surface area contributed by atoms with Crippen LogP contribution in [0.1, 0.15) is 26.4 Å². The van der Waals surface area contributed by atoms with Crippen LogP contribution in [0.25, 0.3) is 0 Å². The number of hydrogen-bond donors (Lipinski definition) is 0. The number of methoxy groups -OCH3 is 1. The number of rotatable bonds is 4. The van der Waals surface area contributed by atoms with Gasteiger partial charge in [0.25, 0.3) is 5.91 Å². The molecule has 0 aliphatic carbocycles. The Labute approximate surface area is 158 Å². The van der Waals surface area contributed by atoms with Crippen LogP contribution in [0.5, 0.6) is 5.75 Å². The highest BCUT2D eigenvalue weighted by atomic mass is 32.1. The third kappa shape index (κ3) is 3.75. The van der Waals surface area contributed by atoms with E-state index < -0.39 is 0 Å². The van der Waals surface area contributed by atoms with Gasteiger partial charge in [-0.3, -0.25) is 9.59 Å². The Kier molecular flexibility index (Phi) is 5.61. The van der Waals surface area contributed by atoms with E-state index in [1.165, 1.54) is 0 Å². The molecule has 0 unspecified atom stereocenters. The third-order valence-electron chi connectivity index (χ3n) is 5.01. The van der Waals surface area contributed by atoms with Crippen LogP contribution in [0.3, 0.4) is 0 Å². The third-order valence-corrected chi connectivity index (χ3v) is 5.89. The molecule has 0 N–H and O–H groups in total. The Morgan fingerprint density at radius 2 is 1.73 bits per heavy atom. The fourth-order valence-corrected chi connectivity index (χ4v) is 3.95. The molecule has 3 rings (SSSR count). The number of carbonyl (C=O) groups excluding carboxylic acids is 2. The summed E-state index contributed by atoms with van der Waals surface area (Å²) in [6.07, 6.45) is 0.447. The maximum atomic E-state index is 12.9. The minimum atomic E-state index is 0.0265. The molecule has 0 bridgehead atoms. The molecule has 1 aliphatic rings. The summed E-state index contributed by atoms with van der Waals surface area (Å²) < 4.78 is 5.32. The molecule has 1 fully saturated rings. The molecular formula is C20H24N2O3S. The number of hydrogen-bond acceptors (Lipinski definition) is 4. The summed E-state index contributed by atoms with van der Waals surface area (Å²) in [5, 5.41) is 1.98. The molecule has 2 aromatic rings. The van der Waals surface area contributed by atoms with Crippen molar-refractivity contribution in [2.45, 2.75) is 20.3 Å². The van der Waals surface area contributed by atoms with Crippen molar-refractivity contribution in [3.05, 3.63) is 51.2 Å². The number of nitrogens with zero attached hydrogens (tertiary/aromatic N) is 2. The molecule has 0 spiro atoms. The molecule has 5 nitrogen and oxygen atoms in total. The van der Waals surface area contributed by atoms with Crippen molar-refractivity contribution in [2.75, 3.05) is 33.3 Å². The first-order chi connectivity index (χ1) is 12.5. The molecule has 138 valence electrons. The van der Waals surface area contributed by atoms with Gasteiger partial charge in [0.1, 0.15) is 5.75 Å². The highest BCUT2D eigenvalue weighted by Crippen LogP contribution is 2.25. The molecule has 1 saturated heterocycles. The van der Waals surface area contributed by atoms with E-state index in [1.807, 2.05) is 53.3 Å².